The fourth-order valence-corrected chi connectivity index (χ4v) is 4.41. The molecule has 0 atom stereocenters. The first-order chi connectivity index (χ1) is 14.2. The Morgan fingerprint density at radius 1 is 1.14 bits per heavy atom. The van der Waals surface area contributed by atoms with E-state index in [0.717, 1.165) is 42.4 Å². The van der Waals surface area contributed by atoms with Crippen LogP contribution in [0.1, 0.15) is 25.3 Å². The van der Waals surface area contributed by atoms with Crippen LogP contribution in [0.5, 0.6) is 0 Å². The van der Waals surface area contributed by atoms with Crippen LogP contribution < -0.4 is 10.2 Å². The summed E-state index contributed by atoms with van der Waals surface area (Å²) in [5.41, 5.74) is 2.14. The van der Waals surface area contributed by atoms with Gasteiger partial charge in [-0.05, 0) is 30.7 Å². The van der Waals surface area contributed by atoms with Gasteiger partial charge in [-0.2, -0.15) is 0 Å². The Bertz CT molecular complexity index is 813. The molecule has 6 heteroatoms. The number of fused-ring (bicyclic) bond motifs is 1. The van der Waals surface area contributed by atoms with Crippen molar-refractivity contribution in [3.63, 3.8) is 0 Å². The molecule has 0 saturated carbocycles. The van der Waals surface area contributed by atoms with Gasteiger partial charge in [-0.25, -0.2) is 0 Å². The summed E-state index contributed by atoms with van der Waals surface area (Å²) < 4.78 is 0. The Balaban J connectivity index is 1.45. The molecule has 154 valence electrons. The van der Waals surface area contributed by atoms with Crippen molar-refractivity contribution in [1.29, 1.82) is 0 Å². The second kappa shape index (κ2) is 11.0. The van der Waals surface area contributed by atoms with Crippen LogP contribution in [-0.2, 0) is 16.1 Å². The molecule has 1 heterocycles. The van der Waals surface area contributed by atoms with E-state index in [1.807, 2.05) is 30.3 Å². The van der Waals surface area contributed by atoms with Gasteiger partial charge in [0.15, 0.2) is 0 Å². The first kappa shape index (κ1) is 21.4. The topological polar surface area (TPSA) is 52.7 Å². The molecule has 2 amide bonds. The van der Waals surface area contributed by atoms with E-state index in [9.17, 15) is 9.59 Å². The summed E-state index contributed by atoms with van der Waals surface area (Å²) in [6.07, 6.45) is 1.34. The van der Waals surface area contributed by atoms with Crippen molar-refractivity contribution in [2.45, 2.75) is 31.2 Å². The van der Waals surface area contributed by atoms with Crippen LogP contribution in [0, 0.1) is 0 Å². The van der Waals surface area contributed by atoms with E-state index in [1.54, 1.807) is 16.7 Å². The lowest BCUT2D eigenvalue weighted by Crippen LogP contribution is -2.41. The highest BCUT2D eigenvalue weighted by Gasteiger charge is 2.24. The predicted molar refractivity (Wildman–Crippen MR) is 119 cm³/mol. The fraction of sp³-hybridized carbons (Fsp3) is 0.391. The molecule has 0 aliphatic carbocycles. The smallest absolute Gasteiger partial charge is 0.240 e. The third-order valence-electron chi connectivity index (χ3n) is 5.00. The van der Waals surface area contributed by atoms with Gasteiger partial charge in [0, 0.05) is 36.7 Å². The monoisotopic (exact) mass is 411 g/mol. The van der Waals surface area contributed by atoms with Crippen LogP contribution in [0.3, 0.4) is 0 Å². The van der Waals surface area contributed by atoms with Crippen LogP contribution in [0.4, 0.5) is 5.69 Å². The maximum absolute atomic E-state index is 12.5. The number of amides is 2. The van der Waals surface area contributed by atoms with Gasteiger partial charge < -0.3 is 10.2 Å². The maximum Gasteiger partial charge on any atom is 0.240 e. The van der Waals surface area contributed by atoms with Crippen molar-refractivity contribution in [1.82, 2.24) is 10.2 Å². The number of carbonyl (C=O) groups is 2. The quantitative estimate of drug-likeness (QED) is 0.641. The zero-order chi connectivity index (χ0) is 20.5. The number of thioether (sulfide) groups is 1. The Morgan fingerprint density at radius 2 is 1.90 bits per heavy atom. The van der Waals surface area contributed by atoms with Crippen molar-refractivity contribution < 1.29 is 9.59 Å². The molecule has 2 aromatic rings. The number of rotatable bonds is 9. The highest BCUT2D eigenvalue weighted by molar-refractivity contribution is 7.99. The number of nitrogens with one attached hydrogen (secondary N) is 1. The normalized spacial score (nSPS) is 13.9. The number of hydrogen-bond acceptors (Lipinski definition) is 4. The van der Waals surface area contributed by atoms with Gasteiger partial charge in [0.05, 0.1) is 5.69 Å². The highest BCUT2D eigenvalue weighted by Crippen LogP contribution is 2.33. The molecule has 2 aromatic carbocycles. The molecule has 3 rings (SSSR count). The first-order valence-corrected chi connectivity index (χ1v) is 11.2. The Kier molecular flexibility index (Phi) is 8.14. The van der Waals surface area contributed by atoms with Crippen molar-refractivity contribution in [2.24, 2.45) is 0 Å². The molecule has 0 spiro atoms. The van der Waals surface area contributed by atoms with E-state index >= 15 is 0 Å². The minimum Gasteiger partial charge on any atom is -0.355 e. The molecule has 0 saturated heterocycles. The minimum atomic E-state index is -0.105. The summed E-state index contributed by atoms with van der Waals surface area (Å²) in [7, 11) is 0. The number of carbonyl (C=O) groups excluding carboxylic acids is 2. The SMILES string of the molecule is CCN(CCCNC(=O)CN1C(=O)CCSc2ccccc21)Cc1ccccc1. The second-order valence-electron chi connectivity index (χ2n) is 7.10. The summed E-state index contributed by atoms with van der Waals surface area (Å²) in [4.78, 5) is 30.0. The van der Waals surface area contributed by atoms with E-state index in [4.69, 9.17) is 0 Å². The summed E-state index contributed by atoms with van der Waals surface area (Å²) in [5.74, 6) is 0.658. The maximum atomic E-state index is 12.5. The van der Waals surface area contributed by atoms with Crippen molar-refractivity contribution in [3.05, 3.63) is 60.2 Å². The molecule has 0 unspecified atom stereocenters. The third kappa shape index (κ3) is 6.34. The molecule has 5 nitrogen and oxygen atoms in total. The third-order valence-corrected chi connectivity index (χ3v) is 6.07. The van der Waals surface area contributed by atoms with Gasteiger partial charge in [-0.15, -0.1) is 11.8 Å². The lowest BCUT2D eigenvalue weighted by molar-refractivity contribution is -0.123. The van der Waals surface area contributed by atoms with Gasteiger partial charge in [0.1, 0.15) is 6.54 Å². The number of anilines is 1. The average Bonchev–Trinajstić information content (AvgIpc) is 2.90. The molecule has 0 bridgehead atoms. The van der Waals surface area contributed by atoms with Gasteiger partial charge in [0.25, 0.3) is 0 Å². The van der Waals surface area contributed by atoms with Crippen LogP contribution in [0.25, 0.3) is 0 Å². The zero-order valence-electron chi connectivity index (χ0n) is 17.0. The molecule has 1 N–H and O–H groups in total. The summed E-state index contributed by atoms with van der Waals surface area (Å²) >= 11 is 1.67. The largest absolute Gasteiger partial charge is 0.355 e. The molecule has 0 aromatic heterocycles. The highest BCUT2D eigenvalue weighted by atomic mass is 32.2. The molecule has 1 aliphatic rings. The van der Waals surface area contributed by atoms with Crippen LogP contribution in [0.2, 0.25) is 0 Å². The van der Waals surface area contributed by atoms with Gasteiger partial charge in [-0.3, -0.25) is 14.5 Å². The van der Waals surface area contributed by atoms with Gasteiger partial charge >= 0.3 is 0 Å². The minimum absolute atomic E-state index is 0.0117. The van der Waals surface area contributed by atoms with E-state index in [2.05, 4.69) is 41.4 Å². The zero-order valence-corrected chi connectivity index (χ0v) is 17.8. The summed E-state index contributed by atoms with van der Waals surface area (Å²) in [6, 6.07) is 18.2. The predicted octanol–water partition coefficient (Wildman–Crippen LogP) is 3.54. The van der Waals surface area contributed by atoms with Crippen LogP contribution in [0.15, 0.2) is 59.5 Å². The summed E-state index contributed by atoms with van der Waals surface area (Å²) in [6.45, 7) is 5.66. The molecule has 0 radical (unpaired) electrons. The van der Waals surface area contributed by atoms with Crippen molar-refractivity contribution in [3.8, 4) is 0 Å². The van der Waals surface area contributed by atoms with E-state index in [1.165, 1.54) is 5.56 Å². The molecule has 1 aliphatic heterocycles. The van der Waals surface area contributed by atoms with Crippen LogP contribution in [-0.4, -0.2) is 48.6 Å². The average molecular weight is 412 g/mol. The number of benzene rings is 2. The van der Waals surface area contributed by atoms with E-state index in [-0.39, 0.29) is 18.4 Å². The van der Waals surface area contributed by atoms with Crippen molar-refractivity contribution >= 4 is 29.3 Å². The van der Waals surface area contributed by atoms with E-state index < -0.39 is 0 Å². The Hall–Kier alpha value is -2.31. The molecular formula is C23H29N3O2S. The number of nitrogens with zero attached hydrogens (tertiary/aromatic N) is 2. The first-order valence-electron chi connectivity index (χ1n) is 10.2. The van der Waals surface area contributed by atoms with E-state index in [0.29, 0.717) is 13.0 Å². The van der Waals surface area contributed by atoms with Crippen molar-refractivity contribution in [2.75, 3.05) is 36.8 Å². The molecular weight excluding hydrogens is 382 g/mol. The van der Waals surface area contributed by atoms with Gasteiger partial charge in [0.2, 0.25) is 11.8 Å². The number of para-hydroxylation sites is 1. The lowest BCUT2D eigenvalue weighted by atomic mass is 10.2. The molecule has 29 heavy (non-hydrogen) atoms. The lowest BCUT2D eigenvalue weighted by Gasteiger charge is -2.23. The fourth-order valence-electron chi connectivity index (χ4n) is 3.41. The molecule has 0 fully saturated rings. The standard InChI is InChI=1S/C23H29N3O2S/c1-2-25(17-19-9-4-3-5-10-19)15-8-14-24-22(27)18-26-20-11-6-7-12-21(20)29-16-13-23(26)28/h3-7,9-12H,2,8,13-18H2,1H3,(H,24,27). The van der Waals surface area contributed by atoms with Gasteiger partial charge in [-0.1, -0.05) is 49.4 Å². The van der Waals surface area contributed by atoms with Crippen LogP contribution >= 0.6 is 11.8 Å². The second-order valence-corrected chi connectivity index (χ2v) is 8.24. The number of hydrogen-bond donors (Lipinski definition) is 1. The Morgan fingerprint density at radius 3 is 2.69 bits per heavy atom. The Labute approximate surface area is 177 Å². The summed E-state index contributed by atoms with van der Waals surface area (Å²) in [5, 5.41) is 2.98.